The minimum Gasteiger partial charge on any atom is -0.493 e. The lowest BCUT2D eigenvalue weighted by Crippen LogP contribution is -2.45. The molecule has 0 fully saturated rings. The monoisotopic (exact) mass is 408 g/mol. The number of aliphatic imine (C=N–C) groups is 1. The fourth-order valence-corrected chi connectivity index (χ4v) is 3.24. The molecule has 0 spiro atoms. The molecule has 0 saturated heterocycles. The van der Waals surface area contributed by atoms with Crippen LogP contribution in [0, 0.1) is 0 Å². The van der Waals surface area contributed by atoms with E-state index in [0.717, 1.165) is 31.2 Å². The number of hydrogen-bond donors (Lipinski definition) is 2. The van der Waals surface area contributed by atoms with Gasteiger partial charge in [-0.3, -0.25) is 4.90 Å². The van der Waals surface area contributed by atoms with Gasteiger partial charge in [0.2, 0.25) is 5.75 Å². The molecule has 1 rings (SSSR count). The molecule has 0 amide bonds. The van der Waals surface area contributed by atoms with Crippen LogP contribution < -0.4 is 24.8 Å². The zero-order valence-corrected chi connectivity index (χ0v) is 19.5. The van der Waals surface area contributed by atoms with Gasteiger partial charge in [0, 0.05) is 31.7 Å². The van der Waals surface area contributed by atoms with Gasteiger partial charge in [0.15, 0.2) is 17.5 Å². The van der Waals surface area contributed by atoms with Crippen molar-refractivity contribution in [2.45, 2.75) is 60.2 Å². The second-order valence-electron chi connectivity index (χ2n) is 7.31. The number of nitrogens with zero attached hydrogens (tertiary/aromatic N) is 2. The van der Waals surface area contributed by atoms with E-state index in [-0.39, 0.29) is 0 Å². The molecule has 0 aliphatic rings. The van der Waals surface area contributed by atoms with Crippen LogP contribution >= 0.6 is 0 Å². The topological polar surface area (TPSA) is 67.4 Å². The van der Waals surface area contributed by atoms with Crippen molar-refractivity contribution in [3.8, 4) is 17.2 Å². The predicted molar refractivity (Wildman–Crippen MR) is 121 cm³/mol. The van der Waals surface area contributed by atoms with Crippen molar-refractivity contribution in [2.24, 2.45) is 4.99 Å². The maximum Gasteiger partial charge on any atom is 0.203 e. The summed E-state index contributed by atoms with van der Waals surface area (Å²) in [5.74, 6) is 2.72. The highest BCUT2D eigenvalue weighted by molar-refractivity contribution is 5.79. The Morgan fingerprint density at radius 1 is 1.00 bits per heavy atom. The van der Waals surface area contributed by atoms with E-state index in [1.807, 2.05) is 19.1 Å². The summed E-state index contributed by atoms with van der Waals surface area (Å²) in [5.41, 5.74) is 0.991. The van der Waals surface area contributed by atoms with Crippen LogP contribution in [0.3, 0.4) is 0 Å². The number of hydrogen-bond acceptors (Lipinski definition) is 5. The Morgan fingerprint density at radius 2 is 1.59 bits per heavy atom. The molecule has 0 aliphatic carbocycles. The van der Waals surface area contributed by atoms with Gasteiger partial charge in [-0.1, -0.05) is 0 Å². The first-order valence-electron chi connectivity index (χ1n) is 10.5. The van der Waals surface area contributed by atoms with Crippen molar-refractivity contribution < 1.29 is 14.2 Å². The smallest absolute Gasteiger partial charge is 0.203 e. The molecule has 1 aromatic carbocycles. The third-order valence-corrected chi connectivity index (χ3v) is 4.56. The summed E-state index contributed by atoms with van der Waals surface area (Å²) >= 11 is 0. The fraction of sp³-hybridized carbons (Fsp3) is 0.682. The van der Waals surface area contributed by atoms with Crippen molar-refractivity contribution in [3.05, 3.63) is 17.7 Å². The molecule has 0 unspecified atom stereocenters. The summed E-state index contributed by atoms with van der Waals surface area (Å²) in [5, 5.41) is 6.74. The zero-order valence-electron chi connectivity index (χ0n) is 19.5. The molecule has 7 heteroatoms. The van der Waals surface area contributed by atoms with Crippen LogP contribution in [0.1, 0.15) is 47.1 Å². The predicted octanol–water partition coefficient (Wildman–Crippen LogP) is 3.28. The number of guanidine groups is 1. The minimum absolute atomic E-state index is 0.506. The van der Waals surface area contributed by atoms with E-state index < -0.39 is 0 Å². The van der Waals surface area contributed by atoms with Gasteiger partial charge in [-0.25, -0.2) is 4.99 Å². The molecule has 2 N–H and O–H groups in total. The van der Waals surface area contributed by atoms with Crippen LogP contribution in [0.2, 0.25) is 0 Å². The second kappa shape index (κ2) is 13.1. The molecular formula is C22H40N4O3. The number of nitrogens with one attached hydrogen (secondary N) is 2. The highest BCUT2D eigenvalue weighted by Crippen LogP contribution is 2.38. The van der Waals surface area contributed by atoms with E-state index >= 15 is 0 Å². The lowest BCUT2D eigenvalue weighted by molar-refractivity contribution is 0.178. The first kappa shape index (κ1) is 24.9. The SMILES string of the molecule is CCNC(=NCc1cc(OC)c(OCC)c(OC)c1)NCCN(C(C)C)C(C)C. The summed E-state index contributed by atoms with van der Waals surface area (Å²) in [4.78, 5) is 7.18. The third kappa shape index (κ3) is 8.01. The zero-order chi connectivity index (χ0) is 21.8. The summed E-state index contributed by atoms with van der Waals surface area (Å²) < 4.78 is 16.6. The summed E-state index contributed by atoms with van der Waals surface area (Å²) in [7, 11) is 3.26. The molecule has 1 aromatic rings. The van der Waals surface area contributed by atoms with Crippen molar-refractivity contribution in [2.75, 3.05) is 40.5 Å². The van der Waals surface area contributed by atoms with Gasteiger partial charge < -0.3 is 24.8 Å². The Hall–Kier alpha value is -2.15. The van der Waals surface area contributed by atoms with E-state index in [1.54, 1.807) is 14.2 Å². The normalized spacial score (nSPS) is 11.9. The fourth-order valence-electron chi connectivity index (χ4n) is 3.24. The maximum absolute atomic E-state index is 5.67. The molecular weight excluding hydrogens is 368 g/mol. The number of rotatable bonds is 12. The highest BCUT2D eigenvalue weighted by atomic mass is 16.5. The summed E-state index contributed by atoms with van der Waals surface area (Å²) in [6, 6.07) is 4.92. The highest BCUT2D eigenvalue weighted by Gasteiger charge is 2.14. The lowest BCUT2D eigenvalue weighted by atomic mass is 10.2. The van der Waals surface area contributed by atoms with E-state index in [2.05, 4.69) is 50.2 Å². The van der Waals surface area contributed by atoms with Crippen LogP contribution in [0.4, 0.5) is 0 Å². The summed E-state index contributed by atoms with van der Waals surface area (Å²) in [6.45, 7) is 16.6. The van der Waals surface area contributed by atoms with E-state index in [4.69, 9.17) is 19.2 Å². The van der Waals surface area contributed by atoms with Crippen molar-refractivity contribution in [3.63, 3.8) is 0 Å². The molecule has 0 heterocycles. The van der Waals surface area contributed by atoms with E-state index in [0.29, 0.717) is 42.5 Å². The summed E-state index contributed by atoms with van der Waals surface area (Å²) in [6.07, 6.45) is 0. The molecule has 0 atom stereocenters. The average Bonchev–Trinajstić information content (AvgIpc) is 2.69. The van der Waals surface area contributed by atoms with Gasteiger partial charge in [0.25, 0.3) is 0 Å². The molecule has 7 nitrogen and oxygen atoms in total. The lowest BCUT2D eigenvalue weighted by Gasteiger charge is -2.30. The molecule has 0 saturated carbocycles. The van der Waals surface area contributed by atoms with E-state index in [1.165, 1.54) is 0 Å². The Morgan fingerprint density at radius 3 is 2.03 bits per heavy atom. The van der Waals surface area contributed by atoms with Gasteiger partial charge in [-0.05, 0) is 59.2 Å². The Labute approximate surface area is 176 Å². The van der Waals surface area contributed by atoms with Gasteiger partial charge in [0.05, 0.1) is 27.4 Å². The van der Waals surface area contributed by atoms with Gasteiger partial charge in [0.1, 0.15) is 0 Å². The average molecular weight is 409 g/mol. The largest absolute Gasteiger partial charge is 0.493 e. The molecule has 166 valence electrons. The van der Waals surface area contributed by atoms with Crippen LogP contribution in [0.15, 0.2) is 17.1 Å². The molecule has 0 bridgehead atoms. The van der Waals surface area contributed by atoms with Crippen molar-refractivity contribution in [1.29, 1.82) is 0 Å². The van der Waals surface area contributed by atoms with Crippen molar-refractivity contribution >= 4 is 5.96 Å². The number of benzene rings is 1. The van der Waals surface area contributed by atoms with Gasteiger partial charge in [-0.2, -0.15) is 0 Å². The van der Waals surface area contributed by atoms with Crippen molar-refractivity contribution in [1.82, 2.24) is 15.5 Å². The third-order valence-electron chi connectivity index (χ3n) is 4.56. The number of methoxy groups -OCH3 is 2. The van der Waals surface area contributed by atoms with E-state index in [9.17, 15) is 0 Å². The first-order valence-corrected chi connectivity index (χ1v) is 10.5. The first-order chi connectivity index (χ1) is 13.9. The van der Waals surface area contributed by atoms with Gasteiger partial charge in [-0.15, -0.1) is 0 Å². The Kier molecular flexibility index (Phi) is 11.3. The Balaban J connectivity index is 2.87. The van der Waals surface area contributed by atoms with Crippen LogP contribution in [-0.2, 0) is 6.54 Å². The number of ether oxygens (including phenoxy) is 3. The van der Waals surface area contributed by atoms with Crippen LogP contribution in [0.5, 0.6) is 17.2 Å². The molecule has 0 radical (unpaired) electrons. The second-order valence-corrected chi connectivity index (χ2v) is 7.31. The molecule has 0 aromatic heterocycles. The quantitative estimate of drug-likeness (QED) is 0.409. The van der Waals surface area contributed by atoms with Crippen LogP contribution in [0.25, 0.3) is 0 Å². The van der Waals surface area contributed by atoms with Crippen LogP contribution in [-0.4, -0.2) is 63.4 Å². The molecule has 29 heavy (non-hydrogen) atoms. The maximum atomic E-state index is 5.67. The minimum atomic E-state index is 0.506. The Bertz CT molecular complexity index is 599. The molecule has 0 aliphatic heterocycles. The standard InChI is InChI=1S/C22H40N4O3/c1-9-23-22(24-11-12-26(16(3)4)17(5)6)25-15-18-13-19(27-7)21(29-10-2)20(14-18)28-8/h13-14,16-17H,9-12,15H2,1-8H3,(H2,23,24,25). The van der Waals surface area contributed by atoms with Gasteiger partial charge >= 0.3 is 0 Å².